The Balaban J connectivity index is 2.40. The molecule has 2 aromatic rings. The molecule has 0 aromatic heterocycles. The van der Waals surface area contributed by atoms with Crippen LogP contribution in [0.25, 0.3) is 0 Å². The molecular weight excluding hydrogens is 339 g/mol. The average molecular weight is 365 g/mol. The van der Waals surface area contributed by atoms with Gasteiger partial charge in [0.1, 0.15) is 5.75 Å². The summed E-state index contributed by atoms with van der Waals surface area (Å²) < 4.78 is 39.4. The normalized spacial score (nSPS) is 12.8. The third kappa shape index (κ3) is 5.41. The van der Waals surface area contributed by atoms with Gasteiger partial charge in [-0.25, -0.2) is 0 Å². The van der Waals surface area contributed by atoms with Crippen LogP contribution in [0.15, 0.2) is 48.5 Å². The number of aromatic hydroxyl groups is 1. The standard InChI is InChI=1S/C21H26F3NO/c1-3-5-8-16(4-2)15-25(19-11-7-12-20(26)14-19)18-10-6-9-17(13-18)21(22,23)24/h6-7,9-14,16,26H,3-5,8,15H2,1-2H3. The zero-order valence-electron chi connectivity index (χ0n) is 15.3. The van der Waals surface area contributed by atoms with E-state index in [1.165, 1.54) is 12.1 Å². The fourth-order valence-corrected chi connectivity index (χ4v) is 3.05. The summed E-state index contributed by atoms with van der Waals surface area (Å²) in [6, 6.07) is 12.0. The molecule has 0 saturated carbocycles. The Bertz CT molecular complexity index is 700. The maximum atomic E-state index is 13.1. The lowest BCUT2D eigenvalue weighted by atomic mass is 9.98. The van der Waals surface area contributed by atoms with E-state index in [2.05, 4.69) is 13.8 Å². The van der Waals surface area contributed by atoms with Gasteiger partial charge in [-0.2, -0.15) is 13.2 Å². The van der Waals surface area contributed by atoms with Crippen LogP contribution >= 0.6 is 0 Å². The Morgan fingerprint density at radius 2 is 1.65 bits per heavy atom. The molecule has 5 heteroatoms. The van der Waals surface area contributed by atoms with Crippen LogP contribution in [0.3, 0.4) is 0 Å². The van der Waals surface area contributed by atoms with Crippen molar-refractivity contribution in [3.8, 4) is 5.75 Å². The highest BCUT2D eigenvalue weighted by Crippen LogP contribution is 2.35. The minimum absolute atomic E-state index is 0.0982. The zero-order chi connectivity index (χ0) is 19.2. The van der Waals surface area contributed by atoms with Crippen molar-refractivity contribution in [1.82, 2.24) is 0 Å². The van der Waals surface area contributed by atoms with Gasteiger partial charge in [0.15, 0.2) is 0 Å². The molecule has 0 fully saturated rings. The SMILES string of the molecule is CCCCC(CC)CN(c1cccc(O)c1)c1cccc(C(F)(F)F)c1. The second kappa shape index (κ2) is 8.97. The highest BCUT2D eigenvalue weighted by Gasteiger charge is 2.31. The number of hydrogen-bond donors (Lipinski definition) is 1. The van der Waals surface area contributed by atoms with Gasteiger partial charge in [0.05, 0.1) is 5.56 Å². The molecule has 1 N–H and O–H groups in total. The van der Waals surface area contributed by atoms with Crippen LogP contribution in [0.4, 0.5) is 24.5 Å². The quantitative estimate of drug-likeness (QED) is 0.558. The van der Waals surface area contributed by atoms with Crippen LogP contribution in [0.1, 0.15) is 45.1 Å². The summed E-state index contributed by atoms with van der Waals surface area (Å²) in [7, 11) is 0. The molecule has 142 valence electrons. The van der Waals surface area contributed by atoms with Gasteiger partial charge in [-0.05, 0) is 42.7 Å². The van der Waals surface area contributed by atoms with Gasteiger partial charge >= 0.3 is 6.18 Å². The molecule has 0 aliphatic carbocycles. The molecule has 2 rings (SSSR count). The van der Waals surface area contributed by atoms with E-state index in [1.807, 2.05) is 11.0 Å². The Kier molecular flexibility index (Phi) is 6.95. The van der Waals surface area contributed by atoms with Gasteiger partial charge in [0.2, 0.25) is 0 Å². The molecule has 0 bridgehead atoms. The average Bonchev–Trinajstić information content (AvgIpc) is 2.61. The van der Waals surface area contributed by atoms with E-state index in [9.17, 15) is 18.3 Å². The molecule has 26 heavy (non-hydrogen) atoms. The molecule has 1 atom stereocenters. The van der Waals surface area contributed by atoms with E-state index in [-0.39, 0.29) is 5.75 Å². The molecule has 0 amide bonds. The van der Waals surface area contributed by atoms with Gasteiger partial charge in [-0.15, -0.1) is 0 Å². The first-order valence-corrected chi connectivity index (χ1v) is 9.09. The minimum atomic E-state index is -4.38. The lowest BCUT2D eigenvalue weighted by Crippen LogP contribution is -2.25. The Hall–Kier alpha value is -2.17. The Labute approximate surface area is 153 Å². The van der Waals surface area contributed by atoms with E-state index in [1.54, 1.807) is 24.3 Å². The summed E-state index contributed by atoms with van der Waals surface area (Å²) >= 11 is 0. The third-order valence-electron chi connectivity index (χ3n) is 4.61. The monoisotopic (exact) mass is 365 g/mol. The van der Waals surface area contributed by atoms with Crippen molar-refractivity contribution < 1.29 is 18.3 Å². The fraction of sp³-hybridized carbons (Fsp3) is 0.429. The van der Waals surface area contributed by atoms with Crippen LogP contribution in [0, 0.1) is 5.92 Å². The summed E-state index contributed by atoms with van der Waals surface area (Å²) in [6.45, 7) is 4.85. The van der Waals surface area contributed by atoms with E-state index in [0.29, 0.717) is 23.8 Å². The molecule has 0 radical (unpaired) electrons. The van der Waals surface area contributed by atoms with E-state index >= 15 is 0 Å². The molecule has 0 saturated heterocycles. The molecular formula is C21H26F3NO. The second-order valence-electron chi connectivity index (χ2n) is 6.60. The number of phenols is 1. The first kappa shape index (κ1) is 20.1. The predicted molar refractivity (Wildman–Crippen MR) is 99.9 cm³/mol. The number of rotatable bonds is 8. The highest BCUT2D eigenvalue weighted by atomic mass is 19.4. The summed E-state index contributed by atoms with van der Waals surface area (Å²) in [5.41, 5.74) is 0.515. The zero-order valence-corrected chi connectivity index (χ0v) is 15.3. The smallest absolute Gasteiger partial charge is 0.416 e. The predicted octanol–water partition coefficient (Wildman–Crippen LogP) is 6.77. The van der Waals surface area contributed by atoms with Crippen molar-refractivity contribution in [2.75, 3.05) is 11.4 Å². The number of nitrogens with zero attached hydrogens (tertiary/aromatic N) is 1. The molecule has 1 unspecified atom stereocenters. The third-order valence-corrected chi connectivity index (χ3v) is 4.61. The number of phenolic OH excluding ortho intramolecular Hbond substituents is 1. The van der Waals surface area contributed by atoms with E-state index in [0.717, 1.165) is 31.7 Å². The van der Waals surface area contributed by atoms with Crippen molar-refractivity contribution >= 4 is 11.4 Å². The molecule has 0 heterocycles. The van der Waals surface area contributed by atoms with Crippen molar-refractivity contribution in [2.45, 2.75) is 45.7 Å². The van der Waals surface area contributed by atoms with Gasteiger partial charge < -0.3 is 10.0 Å². The number of hydrogen-bond acceptors (Lipinski definition) is 2. The van der Waals surface area contributed by atoms with Crippen LogP contribution in [-0.2, 0) is 6.18 Å². The summed E-state index contributed by atoms with van der Waals surface area (Å²) in [6.07, 6.45) is -0.219. The Morgan fingerprint density at radius 3 is 2.23 bits per heavy atom. The molecule has 0 aliphatic heterocycles. The minimum Gasteiger partial charge on any atom is -0.508 e. The number of alkyl halides is 3. The maximum absolute atomic E-state index is 13.1. The van der Waals surface area contributed by atoms with Gasteiger partial charge in [0.25, 0.3) is 0 Å². The number of anilines is 2. The molecule has 2 nitrogen and oxygen atoms in total. The summed E-state index contributed by atoms with van der Waals surface area (Å²) in [5.74, 6) is 0.466. The van der Waals surface area contributed by atoms with Crippen molar-refractivity contribution in [3.63, 3.8) is 0 Å². The van der Waals surface area contributed by atoms with Crippen LogP contribution < -0.4 is 4.90 Å². The second-order valence-corrected chi connectivity index (χ2v) is 6.60. The number of unbranched alkanes of at least 4 members (excludes halogenated alkanes) is 1. The van der Waals surface area contributed by atoms with E-state index < -0.39 is 11.7 Å². The lowest BCUT2D eigenvalue weighted by Gasteiger charge is -2.30. The topological polar surface area (TPSA) is 23.5 Å². The van der Waals surface area contributed by atoms with Crippen LogP contribution in [-0.4, -0.2) is 11.7 Å². The van der Waals surface area contributed by atoms with Crippen molar-refractivity contribution in [3.05, 3.63) is 54.1 Å². The van der Waals surface area contributed by atoms with Gasteiger partial charge in [-0.1, -0.05) is 45.2 Å². The lowest BCUT2D eigenvalue weighted by molar-refractivity contribution is -0.137. The summed E-state index contributed by atoms with van der Waals surface area (Å²) in [4.78, 5) is 1.87. The molecule has 0 aliphatic rings. The number of benzene rings is 2. The molecule has 0 spiro atoms. The Morgan fingerprint density at radius 1 is 1.00 bits per heavy atom. The van der Waals surface area contributed by atoms with Gasteiger partial charge in [0, 0.05) is 24.0 Å². The summed E-state index contributed by atoms with van der Waals surface area (Å²) in [5, 5.41) is 9.82. The fourth-order valence-electron chi connectivity index (χ4n) is 3.05. The molecule has 2 aromatic carbocycles. The van der Waals surface area contributed by atoms with Crippen LogP contribution in [0.2, 0.25) is 0 Å². The number of halogens is 3. The van der Waals surface area contributed by atoms with Crippen LogP contribution in [0.5, 0.6) is 5.75 Å². The maximum Gasteiger partial charge on any atom is 0.416 e. The highest BCUT2D eigenvalue weighted by molar-refractivity contribution is 5.65. The van der Waals surface area contributed by atoms with Crippen molar-refractivity contribution in [2.24, 2.45) is 5.92 Å². The van der Waals surface area contributed by atoms with E-state index in [4.69, 9.17) is 0 Å². The largest absolute Gasteiger partial charge is 0.508 e. The first-order chi connectivity index (χ1) is 12.3. The van der Waals surface area contributed by atoms with Crippen molar-refractivity contribution in [1.29, 1.82) is 0 Å². The van der Waals surface area contributed by atoms with Gasteiger partial charge in [-0.3, -0.25) is 0 Å². The first-order valence-electron chi connectivity index (χ1n) is 9.09.